The van der Waals surface area contributed by atoms with Crippen LogP contribution in [0.5, 0.6) is 0 Å². The first-order valence-electron chi connectivity index (χ1n) is 13.2. The van der Waals surface area contributed by atoms with Crippen molar-refractivity contribution in [2.45, 2.75) is 76.4 Å². The molecule has 3 N–H and O–H groups in total. The van der Waals surface area contributed by atoms with Gasteiger partial charge >= 0.3 is 0 Å². The van der Waals surface area contributed by atoms with Gasteiger partial charge in [0, 0.05) is 31.4 Å². The van der Waals surface area contributed by atoms with Gasteiger partial charge in [-0.2, -0.15) is 0 Å². The van der Waals surface area contributed by atoms with E-state index < -0.39 is 46.4 Å². The Bertz CT molecular complexity index is 1210. The standard InChI is InChI=1S/C29H34F2N4O4/c1-27(2,35-24(37)21-17-28(21)11-13-29(30,31)14-12-28)26(39)34-22(16-19-8-4-3-5-9-19)23(36)25(38)33-18-20-10-6-7-15-32-20/h3-10,15,21-22H,11-14,16-18H2,1-2H3,(H,33,38)(H,34,39)(H,35,37)/t21?,22-/m1/s1. The SMILES string of the molecule is CC(C)(NC(=O)C1CC12CCC(F)(F)CC2)C(=O)N[C@H](Cc1ccccc1)C(=O)C(=O)NCc1ccccn1. The molecule has 0 aliphatic heterocycles. The van der Waals surface area contributed by atoms with E-state index in [0.29, 0.717) is 12.1 Å². The molecule has 39 heavy (non-hydrogen) atoms. The Labute approximate surface area is 226 Å². The number of carbonyl (C=O) groups excluding carboxylic acids is 4. The lowest BCUT2D eigenvalue weighted by Gasteiger charge is -2.31. The highest BCUT2D eigenvalue weighted by Crippen LogP contribution is 2.63. The number of hydrogen-bond donors (Lipinski definition) is 3. The van der Waals surface area contributed by atoms with Crippen LogP contribution in [0.2, 0.25) is 0 Å². The first-order chi connectivity index (χ1) is 18.4. The maximum Gasteiger partial charge on any atom is 0.289 e. The number of rotatable bonds is 10. The zero-order valence-corrected chi connectivity index (χ0v) is 22.1. The molecule has 4 rings (SSSR count). The minimum atomic E-state index is -2.68. The monoisotopic (exact) mass is 540 g/mol. The average molecular weight is 541 g/mol. The molecule has 2 fully saturated rings. The van der Waals surface area contributed by atoms with Crippen molar-refractivity contribution in [1.82, 2.24) is 20.9 Å². The summed E-state index contributed by atoms with van der Waals surface area (Å²) >= 11 is 0. The molecule has 8 nitrogen and oxygen atoms in total. The topological polar surface area (TPSA) is 117 Å². The summed E-state index contributed by atoms with van der Waals surface area (Å²) < 4.78 is 27.2. The van der Waals surface area contributed by atoms with Crippen LogP contribution in [-0.2, 0) is 32.1 Å². The van der Waals surface area contributed by atoms with Crippen molar-refractivity contribution >= 4 is 23.5 Å². The van der Waals surface area contributed by atoms with Crippen LogP contribution in [0.1, 0.15) is 57.2 Å². The van der Waals surface area contributed by atoms with Crippen molar-refractivity contribution in [3.05, 3.63) is 66.0 Å². The summed E-state index contributed by atoms with van der Waals surface area (Å²) in [6.07, 6.45) is 2.28. The number of amides is 3. The predicted octanol–water partition coefficient (Wildman–Crippen LogP) is 3.10. The molecule has 0 radical (unpaired) electrons. The number of aromatic nitrogens is 1. The summed E-state index contributed by atoms with van der Waals surface area (Å²) in [4.78, 5) is 56.2. The fourth-order valence-corrected chi connectivity index (χ4v) is 5.15. The summed E-state index contributed by atoms with van der Waals surface area (Å²) in [5.74, 6) is -5.78. The van der Waals surface area contributed by atoms with Crippen LogP contribution in [-0.4, -0.2) is 46.0 Å². The zero-order chi connectivity index (χ0) is 28.3. The molecule has 2 aromatic rings. The number of carbonyl (C=O) groups is 4. The van der Waals surface area contributed by atoms with Crippen LogP contribution in [0, 0.1) is 11.3 Å². The number of pyridine rings is 1. The van der Waals surface area contributed by atoms with Gasteiger partial charge in [0.05, 0.1) is 12.2 Å². The number of Topliss-reactive ketones (excluding diaryl/α,β-unsaturated/α-hetero) is 1. The predicted molar refractivity (Wildman–Crippen MR) is 139 cm³/mol. The van der Waals surface area contributed by atoms with Crippen LogP contribution < -0.4 is 16.0 Å². The number of nitrogens with one attached hydrogen (secondary N) is 3. The van der Waals surface area contributed by atoms with Gasteiger partial charge in [0.15, 0.2) is 0 Å². The van der Waals surface area contributed by atoms with Gasteiger partial charge in [0.1, 0.15) is 11.6 Å². The summed E-state index contributed by atoms with van der Waals surface area (Å²) in [6.45, 7) is 3.07. The van der Waals surface area contributed by atoms with Crippen molar-refractivity contribution in [3.63, 3.8) is 0 Å². The molecule has 1 unspecified atom stereocenters. The lowest BCUT2D eigenvalue weighted by Crippen LogP contribution is -2.59. The fourth-order valence-electron chi connectivity index (χ4n) is 5.15. The Morgan fingerprint density at radius 3 is 2.31 bits per heavy atom. The van der Waals surface area contributed by atoms with E-state index >= 15 is 0 Å². The molecule has 3 amide bonds. The molecule has 2 atom stereocenters. The quantitative estimate of drug-likeness (QED) is 0.401. The molecule has 2 aliphatic carbocycles. The normalized spacial score (nSPS) is 19.9. The van der Waals surface area contributed by atoms with Crippen LogP contribution in [0.4, 0.5) is 8.78 Å². The summed E-state index contributed by atoms with van der Waals surface area (Å²) in [5, 5.41) is 7.93. The Balaban J connectivity index is 1.39. The number of benzene rings is 1. The van der Waals surface area contributed by atoms with E-state index in [1.54, 1.807) is 48.7 Å². The Hall–Kier alpha value is -3.69. The highest BCUT2D eigenvalue weighted by molar-refractivity contribution is 6.38. The maximum absolute atomic E-state index is 13.6. The molecule has 1 aromatic heterocycles. The third-order valence-corrected chi connectivity index (χ3v) is 7.77. The van der Waals surface area contributed by atoms with Gasteiger partial charge < -0.3 is 16.0 Å². The van der Waals surface area contributed by atoms with Gasteiger partial charge in [-0.05, 0) is 56.2 Å². The second kappa shape index (κ2) is 11.2. The van der Waals surface area contributed by atoms with E-state index in [-0.39, 0.29) is 44.6 Å². The van der Waals surface area contributed by atoms with Crippen LogP contribution in [0.25, 0.3) is 0 Å². The second-order valence-electron chi connectivity index (χ2n) is 11.2. The summed E-state index contributed by atoms with van der Waals surface area (Å²) in [5.41, 5.74) is -0.509. The lowest BCUT2D eigenvalue weighted by atomic mass is 9.82. The lowest BCUT2D eigenvalue weighted by molar-refractivity contribution is -0.141. The first kappa shape index (κ1) is 28.3. The minimum absolute atomic E-state index is 0.0496. The van der Waals surface area contributed by atoms with E-state index in [0.717, 1.165) is 5.56 Å². The molecular formula is C29H34F2N4O4. The first-order valence-corrected chi connectivity index (χ1v) is 13.2. The van der Waals surface area contributed by atoms with Gasteiger partial charge in [-0.25, -0.2) is 8.78 Å². The smallest absolute Gasteiger partial charge is 0.289 e. The molecule has 10 heteroatoms. The Kier molecular flexibility index (Phi) is 8.13. The van der Waals surface area contributed by atoms with E-state index in [1.807, 2.05) is 6.07 Å². The van der Waals surface area contributed by atoms with Gasteiger partial charge in [-0.1, -0.05) is 36.4 Å². The average Bonchev–Trinajstić information content (AvgIpc) is 3.63. The van der Waals surface area contributed by atoms with Gasteiger partial charge in [0.25, 0.3) is 5.91 Å². The van der Waals surface area contributed by atoms with Crippen molar-refractivity contribution in [2.24, 2.45) is 11.3 Å². The molecule has 2 saturated carbocycles. The number of nitrogens with zero attached hydrogens (tertiary/aromatic N) is 1. The van der Waals surface area contributed by atoms with Crippen molar-refractivity contribution in [3.8, 4) is 0 Å². The van der Waals surface area contributed by atoms with Crippen molar-refractivity contribution in [1.29, 1.82) is 0 Å². The molecule has 0 saturated heterocycles. The van der Waals surface area contributed by atoms with Crippen molar-refractivity contribution < 1.29 is 28.0 Å². The van der Waals surface area contributed by atoms with E-state index in [4.69, 9.17) is 0 Å². The molecule has 1 spiro atoms. The van der Waals surface area contributed by atoms with Crippen LogP contribution in [0.15, 0.2) is 54.7 Å². The van der Waals surface area contributed by atoms with Gasteiger partial charge in [-0.3, -0.25) is 24.2 Å². The van der Waals surface area contributed by atoms with Gasteiger partial charge in [-0.15, -0.1) is 0 Å². The molecule has 208 valence electrons. The third-order valence-electron chi connectivity index (χ3n) is 7.77. The highest BCUT2D eigenvalue weighted by atomic mass is 19.3. The Morgan fingerprint density at radius 2 is 1.67 bits per heavy atom. The molecular weight excluding hydrogens is 506 g/mol. The van der Waals surface area contributed by atoms with Crippen LogP contribution >= 0.6 is 0 Å². The zero-order valence-electron chi connectivity index (χ0n) is 22.1. The number of alkyl halides is 2. The summed E-state index contributed by atoms with van der Waals surface area (Å²) in [7, 11) is 0. The van der Waals surface area contributed by atoms with E-state index in [2.05, 4.69) is 20.9 Å². The third kappa shape index (κ3) is 7.04. The fraction of sp³-hybridized carbons (Fsp3) is 0.483. The van der Waals surface area contributed by atoms with Gasteiger partial charge in [0.2, 0.25) is 23.5 Å². The van der Waals surface area contributed by atoms with Crippen molar-refractivity contribution in [2.75, 3.05) is 0 Å². The van der Waals surface area contributed by atoms with E-state index in [1.165, 1.54) is 13.8 Å². The molecule has 1 aromatic carbocycles. The highest BCUT2D eigenvalue weighted by Gasteiger charge is 2.61. The van der Waals surface area contributed by atoms with E-state index in [9.17, 15) is 28.0 Å². The van der Waals surface area contributed by atoms with Crippen LogP contribution in [0.3, 0.4) is 0 Å². The summed E-state index contributed by atoms with van der Waals surface area (Å²) in [6, 6.07) is 13.0. The second-order valence-corrected chi connectivity index (χ2v) is 11.2. The Morgan fingerprint density at radius 1 is 1.00 bits per heavy atom. The molecule has 2 aliphatic rings. The number of halogens is 2. The number of hydrogen-bond acceptors (Lipinski definition) is 5. The maximum atomic E-state index is 13.6. The number of ketones is 1. The minimum Gasteiger partial charge on any atom is -0.344 e. The molecule has 0 bridgehead atoms. The molecule has 1 heterocycles. The largest absolute Gasteiger partial charge is 0.344 e.